The van der Waals surface area contributed by atoms with Crippen LogP contribution in [0.4, 0.5) is 11.5 Å². The molecule has 2 aromatic carbocycles. The number of non-ortho nitro benzene ring substituents is 1. The molecule has 0 saturated carbocycles. The van der Waals surface area contributed by atoms with Gasteiger partial charge in [0.15, 0.2) is 0 Å². The summed E-state index contributed by atoms with van der Waals surface area (Å²) in [4.78, 5) is 16.8. The van der Waals surface area contributed by atoms with E-state index in [-0.39, 0.29) is 17.1 Å². The molecular formula is C23H22IN3O6S. The van der Waals surface area contributed by atoms with Crippen molar-refractivity contribution in [3.63, 3.8) is 0 Å². The number of ether oxygens (including phenoxy) is 1. The van der Waals surface area contributed by atoms with E-state index in [4.69, 9.17) is 13.9 Å². The van der Waals surface area contributed by atoms with Crippen LogP contribution < -0.4 is 4.90 Å². The number of nitro groups is 1. The van der Waals surface area contributed by atoms with Gasteiger partial charge in [0, 0.05) is 42.3 Å². The number of anilines is 1. The number of nitrogens with zero attached hydrogens (tertiary/aromatic N) is 3. The van der Waals surface area contributed by atoms with Crippen molar-refractivity contribution < 1.29 is 22.3 Å². The van der Waals surface area contributed by atoms with Crippen LogP contribution in [0.25, 0.3) is 0 Å². The van der Waals surface area contributed by atoms with Crippen LogP contribution in [0.3, 0.4) is 0 Å². The summed E-state index contributed by atoms with van der Waals surface area (Å²) in [7, 11) is -2.74. The molecule has 178 valence electrons. The van der Waals surface area contributed by atoms with Crippen molar-refractivity contribution in [1.29, 1.82) is 0 Å². The second-order valence-corrected chi connectivity index (χ2v) is 10.5. The van der Waals surface area contributed by atoms with Gasteiger partial charge in [-0.1, -0.05) is 36.4 Å². The first-order chi connectivity index (χ1) is 16.3. The topological polar surface area (TPSA) is 112 Å². The van der Waals surface area contributed by atoms with Crippen LogP contribution in [-0.4, -0.2) is 50.7 Å². The Morgan fingerprint density at radius 1 is 1.09 bits per heavy atom. The Labute approximate surface area is 211 Å². The van der Waals surface area contributed by atoms with Gasteiger partial charge in [0.1, 0.15) is 22.9 Å². The summed E-state index contributed by atoms with van der Waals surface area (Å²) in [6.45, 7) is 0.634. The summed E-state index contributed by atoms with van der Waals surface area (Å²) < 4.78 is 37.7. The monoisotopic (exact) mass is 595 g/mol. The van der Waals surface area contributed by atoms with E-state index in [1.165, 1.54) is 25.3 Å². The number of hydrogen-bond acceptors (Lipinski definition) is 8. The molecule has 11 heteroatoms. The smallest absolute Gasteiger partial charge is 0.297 e. The van der Waals surface area contributed by atoms with E-state index in [0.29, 0.717) is 18.8 Å². The van der Waals surface area contributed by atoms with Gasteiger partial charge < -0.3 is 9.64 Å². The van der Waals surface area contributed by atoms with Crippen LogP contribution in [0.15, 0.2) is 71.6 Å². The molecule has 2 atom stereocenters. The Balaban J connectivity index is 1.53. The molecular weight excluding hydrogens is 573 g/mol. The zero-order chi connectivity index (χ0) is 24.3. The van der Waals surface area contributed by atoms with Gasteiger partial charge in [0.05, 0.1) is 10.6 Å². The number of halogens is 1. The first-order valence-electron chi connectivity index (χ1n) is 10.4. The van der Waals surface area contributed by atoms with E-state index in [9.17, 15) is 18.5 Å². The molecule has 1 aliphatic rings. The zero-order valence-electron chi connectivity index (χ0n) is 18.2. The number of rotatable bonds is 8. The fourth-order valence-electron chi connectivity index (χ4n) is 3.78. The van der Waals surface area contributed by atoms with Crippen LogP contribution in [0.5, 0.6) is 0 Å². The number of hydrogen-bond donors (Lipinski definition) is 0. The van der Waals surface area contributed by atoms with Crippen LogP contribution in [0, 0.1) is 13.7 Å². The molecule has 0 N–H and O–H groups in total. The predicted octanol–water partition coefficient (Wildman–Crippen LogP) is 3.79. The van der Waals surface area contributed by atoms with Gasteiger partial charge in [-0.2, -0.15) is 8.42 Å². The maximum Gasteiger partial charge on any atom is 0.297 e. The van der Waals surface area contributed by atoms with Crippen LogP contribution in [0.1, 0.15) is 11.3 Å². The van der Waals surface area contributed by atoms with Crippen molar-refractivity contribution in [1.82, 2.24) is 4.98 Å². The molecule has 9 nitrogen and oxygen atoms in total. The zero-order valence-corrected chi connectivity index (χ0v) is 21.2. The summed E-state index contributed by atoms with van der Waals surface area (Å²) in [6.07, 6.45) is -0.643. The van der Waals surface area contributed by atoms with Gasteiger partial charge in [-0.15, -0.1) is 0 Å². The number of aromatic nitrogens is 1. The van der Waals surface area contributed by atoms with Crippen LogP contribution in [0.2, 0.25) is 0 Å². The molecule has 0 aliphatic carbocycles. The van der Waals surface area contributed by atoms with Crippen molar-refractivity contribution in [3.05, 3.63) is 91.7 Å². The van der Waals surface area contributed by atoms with Crippen LogP contribution in [-0.2, 0) is 25.5 Å². The standard InChI is InChI=1S/C23H22IN3O6S/c1-32-21-14-26(23-11-10-19(24)20(25-23)12-16-6-3-2-4-7-16)15-22(21)33-34(30,31)18-9-5-8-17(13-18)27(28)29/h2-11,13,21-22H,12,14-15H2,1H3. The average Bonchev–Trinajstić information content (AvgIpc) is 3.23. The molecule has 2 heterocycles. The molecule has 4 rings (SSSR count). The van der Waals surface area contributed by atoms with E-state index in [1.54, 1.807) is 0 Å². The maximum absolute atomic E-state index is 12.8. The first kappa shape index (κ1) is 24.5. The quantitative estimate of drug-likeness (QED) is 0.167. The Bertz CT molecular complexity index is 1290. The average molecular weight is 595 g/mol. The molecule has 1 fully saturated rings. The minimum Gasteiger partial charge on any atom is -0.377 e. The molecule has 1 aromatic heterocycles. The highest BCUT2D eigenvalue weighted by molar-refractivity contribution is 14.1. The molecule has 2 unspecified atom stereocenters. The lowest BCUT2D eigenvalue weighted by Crippen LogP contribution is -2.31. The molecule has 0 radical (unpaired) electrons. The molecule has 3 aromatic rings. The number of pyridine rings is 1. The lowest BCUT2D eigenvalue weighted by Gasteiger charge is -2.18. The van der Waals surface area contributed by atoms with E-state index in [0.717, 1.165) is 20.9 Å². The van der Waals surface area contributed by atoms with E-state index in [2.05, 4.69) is 22.6 Å². The van der Waals surface area contributed by atoms with Crippen molar-refractivity contribution >= 4 is 44.2 Å². The normalized spacial score (nSPS) is 18.2. The second kappa shape index (κ2) is 10.3. The fraction of sp³-hybridized carbons (Fsp3) is 0.261. The van der Waals surface area contributed by atoms with Gasteiger partial charge in [-0.05, 0) is 46.4 Å². The highest BCUT2D eigenvalue weighted by Crippen LogP contribution is 2.28. The van der Waals surface area contributed by atoms with Crippen LogP contribution >= 0.6 is 22.6 Å². The van der Waals surface area contributed by atoms with Gasteiger partial charge >= 0.3 is 0 Å². The van der Waals surface area contributed by atoms with Gasteiger partial charge in [0.25, 0.3) is 15.8 Å². The first-order valence-corrected chi connectivity index (χ1v) is 12.9. The third-order valence-corrected chi connectivity index (χ3v) is 7.84. The van der Waals surface area contributed by atoms with E-state index >= 15 is 0 Å². The van der Waals surface area contributed by atoms with Gasteiger partial charge in [-0.25, -0.2) is 4.98 Å². The summed E-state index contributed by atoms with van der Waals surface area (Å²) in [6, 6.07) is 18.7. The second-order valence-electron chi connectivity index (χ2n) is 7.78. The molecule has 34 heavy (non-hydrogen) atoms. The minimum atomic E-state index is -4.24. The molecule has 1 aliphatic heterocycles. The van der Waals surface area contributed by atoms with Gasteiger partial charge in [0.2, 0.25) is 0 Å². The van der Waals surface area contributed by atoms with Gasteiger partial charge in [-0.3, -0.25) is 14.3 Å². The summed E-state index contributed by atoms with van der Waals surface area (Å²) in [5.74, 6) is 0.701. The highest BCUT2D eigenvalue weighted by atomic mass is 127. The van der Waals surface area contributed by atoms with Crippen molar-refractivity contribution in [3.8, 4) is 0 Å². The molecule has 0 spiro atoms. The SMILES string of the molecule is COC1CN(c2ccc(I)c(Cc3ccccc3)n2)CC1OS(=O)(=O)c1cccc([N+](=O)[O-])c1. The summed E-state index contributed by atoms with van der Waals surface area (Å²) in [5, 5.41) is 11.0. The highest BCUT2D eigenvalue weighted by Gasteiger charge is 2.38. The van der Waals surface area contributed by atoms with Crippen molar-refractivity contribution in [2.24, 2.45) is 0 Å². The third kappa shape index (κ3) is 5.54. The lowest BCUT2D eigenvalue weighted by atomic mass is 10.1. The maximum atomic E-state index is 12.8. The Morgan fingerprint density at radius 3 is 2.53 bits per heavy atom. The Hall–Kier alpha value is -2.61. The largest absolute Gasteiger partial charge is 0.377 e. The van der Waals surface area contributed by atoms with E-state index < -0.39 is 27.2 Å². The number of benzene rings is 2. The summed E-state index contributed by atoms with van der Waals surface area (Å²) in [5.41, 5.74) is 1.74. The fourth-order valence-corrected chi connectivity index (χ4v) is 5.41. The Morgan fingerprint density at radius 2 is 1.82 bits per heavy atom. The lowest BCUT2D eigenvalue weighted by molar-refractivity contribution is -0.385. The van der Waals surface area contributed by atoms with E-state index in [1.807, 2.05) is 47.4 Å². The molecule has 0 amide bonds. The van der Waals surface area contributed by atoms with Crippen molar-refractivity contribution in [2.75, 3.05) is 25.1 Å². The number of nitro benzene ring substituents is 1. The molecule has 0 bridgehead atoms. The Kier molecular flexibility index (Phi) is 7.45. The van der Waals surface area contributed by atoms with Crippen molar-refractivity contribution in [2.45, 2.75) is 23.5 Å². The summed E-state index contributed by atoms with van der Waals surface area (Å²) >= 11 is 2.26. The predicted molar refractivity (Wildman–Crippen MR) is 134 cm³/mol. The molecule has 1 saturated heterocycles. The third-order valence-electron chi connectivity index (χ3n) is 5.53. The number of methoxy groups -OCH3 is 1. The minimum absolute atomic E-state index is 0.241.